The Morgan fingerprint density at radius 2 is 1.88 bits per heavy atom. The minimum absolute atomic E-state index is 0.0129. The number of rotatable bonds is 9. The number of hydrogen-bond acceptors (Lipinski definition) is 8. The summed E-state index contributed by atoms with van der Waals surface area (Å²) in [5.74, 6) is 0.966. The lowest BCUT2D eigenvalue weighted by molar-refractivity contribution is -0.121. The molecule has 166 valence electrons. The van der Waals surface area contributed by atoms with E-state index < -0.39 is 0 Å². The van der Waals surface area contributed by atoms with Crippen LogP contribution < -0.4 is 5.32 Å². The van der Waals surface area contributed by atoms with Crippen LogP contribution in [0.3, 0.4) is 0 Å². The third-order valence-corrected chi connectivity index (χ3v) is 6.50. The van der Waals surface area contributed by atoms with E-state index in [2.05, 4.69) is 30.7 Å². The topological polar surface area (TPSA) is 111 Å². The normalized spacial score (nSPS) is 17.7. The zero-order valence-electron chi connectivity index (χ0n) is 18.2. The first-order valence-corrected chi connectivity index (χ1v) is 11.6. The molecule has 3 heterocycles. The number of nitrogens with one attached hydrogen (secondary N) is 1. The van der Waals surface area contributed by atoms with Crippen LogP contribution in [0.2, 0.25) is 0 Å². The zero-order valence-corrected chi connectivity index (χ0v) is 19.0. The smallest absolute Gasteiger partial charge is 0.232 e. The van der Waals surface area contributed by atoms with Crippen molar-refractivity contribution < 1.29 is 9.59 Å². The number of anilines is 1. The largest absolute Gasteiger partial charge is 0.300 e. The van der Waals surface area contributed by atoms with Gasteiger partial charge in [0.15, 0.2) is 0 Å². The summed E-state index contributed by atoms with van der Waals surface area (Å²) in [4.78, 5) is 28.2. The van der Waals surface area contributed by atoms with Gasteiger partial charge in [0, 0.05) is 30.1 Å². The Morgan fingerprint density at radius 3 is 2.56 bits per heavy atom. The van der Waals surface area contributed by atoms with Crippen LogP contribution >= 0.6 is 11.3 Å². The van der Waals surface area contributed by atoms with Crippen molar-refractivity contribution in [3.63, 3.8) is 0 Å². The molecule has 1 amide bonds. The van der Waals surface area contributed by atoms with Gasteiger partial charge >= 0.3 is 0 Å². The van der Waals surface area contributed by atoms with Crippen LogP contribution in [0.25, 0.3) is 0 Å². The van der Waals surface area contributed by atoms with Crippen LogP contribution in [0.5, 0.6) is 0 Å². The predicted octanol–water partition coefficient (Wildman–Crippen LogP) is 3.41. The van der Waals surface area contributed by atoms with Gasteiger partial charge in [-0.3, -0.25) is 14.6 Å². The van der Waals surface area contributed by atoms with Crippen molar-refractivity contribution in [2.45, 2.75) is 51.9 Å². The van der Waals surface area contributed by atoms with Crippen LogP contribution in [-0.4, -0.2) is 37.1 Å². The maximum absolute atomic E-state index is 12.2. The number of pyridine rings is 1. The fourth-order valence-corrected chi connectivity index (χ4v) is 4.54. The third-order valence-electron chi connectivity index (χ3n) is 5.64. The second kappa shape index (κ2) is 10.0. The van der Waals surface area contributed by atoms with Gasteiger partial charge in [-0.1, -0.05) is 31.3 Å². The summed E-state index contributed by atoms with van der Waals surface area (Å²) in [5.41, 5.74) is 2.44. The maximum Gasteiger partial charge on any atom is 0.232 e. The fraction of sp³-hybridized carbons (Fsp3) is 0.435. The molecule has 3 aromatic heterocycles. The Labute approximate surface area is 190 Å². The lowest BCUT2D eigenvalue weighted by atomic mass is 9.72. The van der Waals surface area contributed by atoms with Crippen molar-refractivity contribution >= 4 is 28.2 Å². The van der Waals surface area contributed by atoms with Gasteiger partial charge in [0.05, 0.1) is 24.2 Å². The summed E-state index contributed by atoms with van der Waals surface area (Å²) in [6.45, 7) is 3.80. The summed E-state index contributed by atoms with van der Waals surface area (Å²) in [6.07, 6.45) is 5.13. The molecule has 0 unspecified atom stereocenters. The van der Waals surface area contributed by atoms with Crippen molar-refractivity contribution in [2.24, 2.45) is 11.8 Å². The van der Waals surface area contributed by atoms with Gasteiger partial charge < -0.3 is 5.32 Å². The number of carbonyl (C=O) groups is 2. The zero-order chi connectivity index (χ0) is 22.5. The number of hydrogen-bond donors (Lipinski definition) is 1. The molecular formula is C23H26N6O2S. The molecule has 0 aromatic carbocycles. The van der Waals surface area contributed by atoms with E-state index in [-0.39, 0.29) is 24.0 Å². The van der Waals surface area contributed by atoms with Crippen molar-refractivity contribution in [3.05, 3.63) is 58.6 Å². The van der Waals surface area contributed by atoms with Gasteiger partial charge in [-0.25, -0.2) is 0 Å². The number of carbonyl (C=O) groups excluding carboxylic acids is 2. The van der Waals surface area contributed by atoms with Gasteiger partial charge in [0.1, 0.15) is 10.8 Å². The summed E-state index contributed by atoms with van der Waals surface area (Å²) in [6, 6.07) is 9.41. The minimum atomic E-state index is -0.146. The highest BCUT2D eigenvalue weighted by Gasteiger charge is 2.32. The molecule has 0 spiro atoms. The molecule has 1 aliphatic rings. The summed E-state index contributed by atoms with van der Waals surface area (Å²) in [7, 11) is 0. The molecule has 0 saturated heterocycles. The Balaban J connectivity index is 1.22. The van der Waals surface area contributed by atoms with E-state index >= 15 is 0 Å². The van der Waals surface area contributed by atoms with Crippen molar-refractivity contribution in [1.82, 2.24) is 25.4 Å². The predicted molar refractivity (Wildman–Crippen MR) is 121 cm³/mol. The lowest BCUT2D eigenvalue weighted by Gasteiger charge is -2.34. The molecule has 1 N–H and O–H groups in total. The SMILES string of the molecule is CC(C)C(=O)Cc1ccc(C2CC(Cc3nnc(NC(=O)Cc4ccccn4)s3)C2)nn1. The van der Waals surface area contributed by atoms with E-state index in [4.69, 9.17) is 0 Å². The van der Waals surface area contributed by atoms with Gasteiger partial charge in [-0.2, -0.15) is 10.2 Å². The van der Waals surface area contributed by atoms with Crippen molar-refractivity contribution in [1.29, 1.82) is 0 Å². The first-order chi connectivity index (χ1) is 15.5. The Bertz CT molecular complexity index is 1060. The standard InChI is InChI=1S/C23H26N6O2S/c1-14(2)20(30)12-18-6-7-19(27-26-18)16-9-15(10-16)11-22-28-29-23(32-22)25-21(31)13-17-5-3-4-8-24-17/h3-8,14-16H,9-13H2,1-2H3,(H,25,29,31). The van der Waals surface area contributed by atoms with Crippen LogP contribution in [0, 0.1) is 11.8 Å². The summed E-state index contributed by atoms with van der Waals surface area (Å²) >= 11 is 1.42. The van der Waals surface area contributed by atoms with Crippen molar-refractivity contribution in [3.8, 4) is 0 Å². The Kier molecular flexibility index (Phi) is 6.94. The number of amides is 1. The summed E-state index contributed by atoms with van der Waals surface area (Å²) in [5, 5.41) is 21.2. The molecule has 0 radical (unpaired) electrons. The van der Waals surface area contributed by atoms with E-state index in [1.807, 2.05) is 44.2 Å². The van der Waals surface area contributed by atoms with Gasteiger partial charge in [0.2, 0.25) is 11.0 Å². The van der Waals surface area contributed by atoms with E-state index in [1.54, 1.807) is 6.20 Å². The second-order valence-electron chi connectivity index (χ2n) is 8.53. The molecule has 8 nitrogen and oxygen atoms in total. The summed E-state index contributed by atoms with van der Waals surface area (Å²) < 4.78 is 0. The number of Topliss-reactive ketones (excluding diaryl/α,β-unsaturated/α-hetero) is 1. The average molecular weight is 451 g/mol. The van der Waals surface area contributed by atoms with E-state index in [0.717, 1.165) is 41.4 Å². The maximum atomic E-state index is 12.2. The quantitative estimate of drug-likeness (QED) is 0.532. The number of aromatic nitrogens is 5. The van der Waals surface area contributed by atoms with Crippen LogP contribution in [0.15, 0.2) is 36.5 Å². The molecule has 9 heteroatoms. The van der Waals surface area contributed by atoms with Crippen molar-refractivity contribution in [2.75, 3.05) is 5.32 Å². The molecule has 1 fully saturated rings. The molecule has 4 rings (SSSR count). The number of nitrogens with zero attached hydrogens (tertiary/aromatic N) is 5. The van der Waals surface area contributed by atoms with Crippen LogP contribution in [0.4, 0.5) is 5.13 Å². The van der Waals surface area contributed by atoms with E-state index in [1.165, 1.54) is 11.3 Å². The fourth-order valence-electron chi connectivity index (χ4n) is 3.67. The van der Waals surface area contributed by atoms with E-state index in [0.29, 0.717) is 23.4 Å². The molecule has 1 aliphatic carbocycles. The van der Waals surface area contributed by atoms with Gasteiger partial charge in [-0.15, -0.1) is 10.2 Å². The van der Waals surface area contributed by atoms with Gasteiger partial charge in [0.25, 0.3) is 0 Å². The third kappa shape index (κ3) is 5.79. The monoisotopic (exact) mass is 450 g/mol. The second-order valence-corrected chi connectivity index (χ2v) is 9.59. The van der Waals surface area contributed by atoms with Crippen LogP contribution in [-0.2, 0) is 28.9 Å². The number of ketones is 1. The minimum Gasteiger partial charge on any atom is -0.300 e. The lowest BCUT2D eigenvalue weighted by Crippen LogP contribution is -2.25. The van der Waals surface area contributed by atoms with Crippen LogP contribution in [0.1, 0.15) is 54.7 Å². The first kappa shape index (κ1) is 22.1. The molecule has 0 aliphatic heterocycles. The Morgan fingerprint density at radius 1 is 1.03 bits per heavy atom. The highest BCUT2D eigenvalue weighted by molar-refractivity contribution is 7.15. The Hall–Kier alpha value is -3.07. The molecule has 0 atom stereocenters. The van der Waals surface area contributed by atoms with Gasteiger partial charge in [-0.05, 0) is 43.0 Å². The highest BCUT2D eigenvalue weighted by atomic mass is 32.1. The first-order valence-electron chi connectivity index (χ1n) is 10.8. The molecule has 0 bridgehead atoms. The average Bonchev–Trinajstić information content (AvgIpc) is 3.18. The highest BCUT2D eigenvalue weighted by Crippen LogP contribution is 2.42. The molecular weight excluding hydrogens is 424 g/mol. The molecule has 3 aromatic rings. The molecule has 32 heavy (non-hydrogen) atoms. The van der Waals surface area contributed by atoms with E-state index in [9.17, 15) is 9.59 Å². The molecule has 1 saturated carbocycles.